The van der Waals surface area contributed by atoms with E-state index in [0.717, 1.165) is 31.8 Å². The van der Waals surface area contributed by atoms with Gasteiger partial charge in [-0.15, -0.1) is 0 Å². The van der Waals surface area contributed by atoms with Crippen molar-refractivity contribution < 1.29 is 9.90 Å². The van der Waals surface area contributed by atoms with Crippen LogP contribution in [0.15, 0.2) is 0 Å². The maximum absolute atomic E-state index is 10.8. The topological polar surface area (TPSA) is 40.5 Å². The van der Waals surface area contributed by atoms with Crippen LogP contribution < -0.4 is 0 Å². The van der Waals surface area contributed by atoms with E-state index < -0.39 is 5.97 Å². The van der Waals surface area contributed by atoms with E-state index in [1.165, 1.54) is 12.8 Å². The Morgan fingerprint density at radius 1 is 1.50 bits per heavy atom. The predicted octanol–water partition coefficient (Wildman–Crippen LogP) is 1.97. The molecule has 3 nitrogen and oxygen atoms in total. The van der Waals surface area contributed by atoms with Crippen LogP contribution in [0.4, 0.5) is 0 Å². The molecular weight excluding hydrogens is 178 g/mol. The summed E-state index contributed by atoms with van der Waals surface area (Å²) in [6.45, 7) is 5.91. The van der Waals surface area contributed by atoms with Gasteiger partial charge in [0.05, 0.1) is 0 Å². The Kier molecular flexibility index (Phi) is 4.39. The van der Waals surface area contributed by atoms with Gasteiger partial charge in [-0.05, 0) is 45.2 Å². The zero-order valence-electron chi connectivity index (χ0n) is 9.20. The maximum Gasteiger partial charge on any atom is 0.320 e. The molecule has 82 valence electrons. The second-order valence-electron chi connectivity index (χ2n) is 4.26. The molecule has 0 amide bonds. The average molecular weight is 199 g/mol. The molecule has 0 bridgehead atoms. The van der Waals surface area contributed by atoms with Gasteiger partial charge in [-0.25, -0.2) is 0 Å². The molecular formula is C11H21NO2. The van der Waals surface area contributed by atoms with E-state index in [0.29, 0.717) is 0 Å². The summed E-state index contributed by atoms with van der Waals surface area (Å²) in [5.74, 6) is 0.112. The number of aliphatic carboxylic acids is 1. The molecule has 0 aromatic heterocycles. The van der Waals surface area contributed by atoms with Crippen LogP contribution in [0.1, 0.15) is 39.5 Å². The molecule has 1 fully saturated rings. The van der Waals surface area contributed by atoms with Crippen molar-refractivity contribution in [2.24, 2.45) is 5.92 Å². The third kappa shape index (κ3) is 2.98. The van der Waals surface area contributed by atoms with Crippen LogP contribution in [0.5, 0.6) is 0 Å². The number of nitrogens with zero attached hydrogens (tertiary/aromatic N) is 1. The number of carboxylic acid groups (broad SMARTS) is 1. The molecule has 1 aliphatic rings. The Morgan fingerprint density at radius 2 is 2.21 bits per heavy atom. The maximum atomic E-state index is 10.8. The van der Waals surface area contributed by atoms with Gasteiger partial charge in [0, 0.05) is 0 Å². The van der Waals surface area contributed by atoms with Crippen molar-refractivity contribution in [2.45, 2.75) is 45.6 Å². The summed E-state index contributed by atoms with van der Waals surface area (Å²) in [7, 11) is 0. The van der Waals surface area contributed by atoms with Gasteiger partial charge in [-0.3, -0.25) is 9.69 Å². The number of hydrogen-bond donors (Lipinski definition) is 1. The van der Waals surface area contributed by atoms with Gasteiger partial charge in [0.1, 0.15) is 6.04 Å². The van der Waals surface area contributed by atoms with Gasteiger partial charge >= 0.3 is 5.97 Å². The number of likely N-dealkylation sites (tertiary alicyclic amines) is 1. The molecule has 2 atom stereocenters. The second kappa shape index (κ2) is 5.35. The van der Waals surface area contributed by atoms with Gasteiger partial charge in [0.15, 0.2) is 0 Å². The summed E-state index contributed by atoms with van der Waals surface area (Å²) in [4.78, 5) is 12.9. The van der Waals surface area contributed by atoms with Crippen LogP contribution in [0, 0.1) is 5.92 Å². The molecule has 0 saturated carbocycles. The molecule has 3 heteroatoms. The van der Waals surface area contributed by atoms with E-state index in [1.54, 1.807) is 6.92 Å². The summed E-state index contributed by atoms with van der Waals surface area (Å²) in [5, 5.41) is 8.91. The molecule has 1 heterocycles. The van der Waals surface area contributed by atoms with Crippen LogP contribution in [-0.2, 0) is 4.79 Å². The molecule has 0 aliphatic carbocycles. The summed E-state index contributed by atoms with van der Waals surface area (Å²) in [6.07, 6.45) is 4.80. The van der Waals surface area contributed by atoms with Crippen LogP contribution >= 0.6 is 0 Å². The third-order valence-corrected chi connectivity index (χ3v) is 3.36. The molecule has 1 N–H and O–H groups in total. The standard InChI is InChI=1S/C11H21NO2/c1-3-10-5-4-7-12(8-6-10)9(2)11(13)14/h9-10H,3-8H2,1-2H3,(H,13,14). The van der Waals surface area contributed by atoms with E-state index in [1.807, 2.05) is 0 Å². The normalized spacial score (nSPS) is 26.9. The highest BCUT2D eigenvalue weighted by atomic mass is 16.4. The number of carboxylic acids is 1. The van der Waals surface area contributed by atoms with Crippen molar-refractivity contribution in [3.8, 4) is 0 Å². The summed E-state index contributed by atoms with van der Waals surface area (Å²) >= 11 is 0. The molecule has 0 spiro atoms. The first-order chi connectivity index (χ1) is 6.65. The predicted molar refractivity (Wildman–Crippen MR) is 56.3 cm³/mol. The number of hydrogen-bond acceptors (Lipinski definition) is 2. The molecule has 1 aliphatic heterocycles. The minimum atomic E-state index is -0.694. The van der Waals surface area contributed by atoms with E-state index in [2.05, 4.69) is 11.8 Å². The summed E-state index contributed by atoms with van der Waals surface area (Å²) < 4.78 is 0. The Hall–Kier alpha value is -0.570. The first kappa shape index (κ1) is 11.5. The van der Waals surface area contributed by atoms with Gasteiger partial charge < -0.3 is 5.11 Å². The average Bonchev–Trinajstić information content (AvgIpc) is 2.41. The molecule has 0 radical (unpaired) electrons. The van der Waals surface area contributed by atoms with E-state index in [-0.39, 0.29) is 6.04 Å². The Balaban J connectivity index is 2.45. The molecule has 1 saturated heterocycles. The molecule has 2 unspecified atom stereocenters. The Morgan fingerprint density at radius 3 is 2.79 bits per heavy atom. The summed E-state index contributed by atoms with van der Waals surface area (Å²) in [6, 6.07) is -0.314. The number of rotatable bonds is 3. The van der Waals surface area contributed by atoms with Crippen LogP contribution in [0.3, 0.4) is 0 Å². The molecule has 0 aromatic carbocycles. The van der Waals surface area contributed by atoms with Crippen LogP contribution in [-0.4, -0.2) is 35.1 Å². The van der Waals surface area contributed by atoms with Crippen molar-refractivity contribution in [2.75, 3.05) is 13.1 Å². The van der Waals surface area contributed by atoms with Crippen LogP contribution in [0.25, 0.3) is 0 Å². The van der Waals surface area contributed by atoms with Gasteiger partial charge in [0.25, 0.3) is 0 Å². The van der Waals surface area contributed by atoms with E-state index in [9.17, 15) is 4.79 Å². The highest BCUT2D eigenvalue weighted by Gasteiger charge is 2.23. The second-order valence-corrected chi connectivity index (χ2v) is 4.26. The van der Waals surface area contributed by atoms with Crippen molar-refractivity contribution in [1.29, 1.82) is 0 Å². The van der Waals surface area contributed by atoms with Crippen molar-refractivity contribution in [1.82, 2.24) is 4.90 Å². The lowest BCUT2D eigenvalue weighted by molar-refractivity contribution is -0.142. The lowest BCUT2D eigenvalue weighted by atomic mass is 9.98. The van der Waals surface area contributed by atoms with Gasteiger partial charge in [0.2, 0.25) is 0 Å². The molecule has 14 heavy (non-hydrogen) atoms. The Bertz CT molecular complexity index is 194. The zero-order valence-corrected chi connectivity index (χ0v) is 9.20. The van der Waals surface area contributed by atoms with Crippen molar-refractivity contribution in [3.63, 3.8) is 0 Å². The quantitative estimate of drug-likeness (QED) is 0.755. The minimum Gasteiger partial charge on any atom is -0.480 e. The van der Waals surface area contributed by atoms with Crippen molar-refractivity contribution >= 4 is 5.97 Å². The fourth-order valence-electron chi connectivity index (χ4n) is 2.14. The Labute approximate surface area is 86.1 Å². The fourth-order valence-corrected chi connectivity index (χ4v) is 2.14. The third-order valence-electron chi connectivity index (χ3n) is 3.36. The van der Waals surface area contributed by atoms with Gasteiger partial charge in [-0.2, -0.15) is 0 Å². The fraction of sp³-hybridized carbons (Fsp3) is 0.909. The first-order valence-electron chi connectivity index (χ1n) is 5.62. The van der Waals surface area contributed by atoms with E-state index in [4.69, 9.17) is 5.11 Å². The van der Waals surface area contributed by atoms with Crippen molar-refractivity contribution in [3.05, 3.63) is 0 Å². The first-order valence-corrected chi connectivity index (χ1v) is 5.62. The lowest BCUT2D eigenvalue weighted by Crippen LogP contribution is -2.39. The molecule has 0 aromatic rings. The summed E-state index contributed by atoms with van der Waals surface area (Å²) in [5.41, 5.74) is 0. The smallest absolute Gasteiger partial charge is 0.320 e. The lowest BCUT2D eigenvalue weighted by Gasteiger charge is -2.24. The monoisotopic (exact) mass is 199 g/mol. The van der Waals surface area contributed by atoms with Gasteiger partial charge in [-0.1, -0.05) is 13.3 Å². The van der Waals surface area contributed by atoms with Crippen LogP contribution in [0.2, 0.25) is 0 Å². The van der Waals surface area contributed by atoms with E-state index >= 15 is 0 Å². The minimum absolute atomic E-state index is 0.314. The highest BCUT2D eigenvalue weighted by Crippen LogP contribution is 2.21. The zero-order chi connectivity index (χ0) is 10.6. The SMILES string of the molecule is CCC1CCCN(C(C)C(=O)O)CC1. The highest BCUT2D eigenvalue weighted by molar-refractivity contribution is 5.72. The molecule has 1 rings (SSSR count). The largest absolute Gasteiger partial charge is 0.480 e. The number of carbonyl (C=O) groups is 1.